The lowest BCUT2D eigenvalue weighted by atomic mass is 9.98. The number of H-pyrrole nitrogens is 2. The molecule has 63 heavy (non-hydrogen) atoms. The molecule has 5 aromatic carbocycles. The van der Waals surface area contributed by atoms with Crippen LogP contribution in [0.3, 0.4) is 0 Å². The Balaban J connectivity index is 1.06. The molecule has 8 rings (SSSR count). The first-order valence-electron chi connectivity index (χ1n) is 21.2. The van der Waals surface area contributed by atoms with Crippen LogP contribution in [0.1, 0.15) is 63.4 Å². The van der Waals surface area contributed by atoms with E-state index in [4.69, 9.17) is 14.7 Å². The summed E-state index contributed by atoms with van der Waals surface area (Å²) in [6.07, 6.45) is 0.980. The maximum Gasteiger partial charge on any atom is 0.407 e. The average Bonchev–Trinajstić information content (AvgIpc) is 3.63. The number of fused-ring (bicyclic) bond motifs is 6. The maximum absolute atomic E-state index is 14.6. The highest BCUT2D eigenvalue weighted by molar-refractivity contribution is 6.07. The molecule has 1 unspecified atom stereocenters. The molecule has 0 aliphatic heterocycles. The van der Waals surface area contributed by atoms with Crippen molar-refractivity contribution in [3.63, 3.8) is 0 Å². The highest BCUT2D eigenvalue weighted by Gasteiger charge is 2.52. The Kier molecular flexibility index (Phi) is 11.9. The van der Waals surface area contributed by atoms with Crippen LogP contribution in [0, 0.1) is 11.8 Å². The third-order valence-corrected chi connectivity index (χ3v) is 12.5. The number of nitrogens with zero attached hydrogens (tertiary/aromatic N) is 4. The number of amides is 4. The van der Waals surface area contributed by atoms with Gasteiger partial charge in [0.2, 0.25) is 5.91 Å². The van der Waals surface area contributed by atoms with Crippen molar-refractivity contribution in [1.29, 1.82) is 0 Å². The summed E-state index contributed by atoms with van der Waals surface area (Å²) >= 11 is 0. The van der Waals surface area contributed by atoms with Gasteiger partial charge in [-0.2, -0.15) is 0 Å². The molecule has 1 aliphatic rings. The molecule has 0 bridgehead atoms. The van der Waals surface area contributed by atoms with E-state index in [1.54, 1.807) is 17.9 Å². The Morgan fingerprint density at radius 3 is 1.94 bits per heavy atom. The van der Waals surface area contributed by atoms with E-state index in [1.807, 2.05) is 54.3 Å². The number of aromatic amines is 2. The van der Waals surface area contributed by atoms with Gasteiger partial charge < -0.3 is 39.9 Å². The molecule has 324 valence electrons. The van der Waals surface area contributed by atoms with E-state index in [-0.39, 0.29) is 36.2 Å². The SMILES string of the molecule is C=CCCN(Cc1nc2c(ccc3cc(-c4ccc5c(ccc6[nH]c([C@H](C)N(C(=O)[C@H](NC(=O)OC)c7ccccc7)C7[C@@H](C)[C@H]7C)nc65)c4)ccc32)[nH]1)C(=O)[C@H](C)NC(=O)OC. The van der Waals surface area contributed by atoms with E-state index in [9.17, 15) is 19.2 Å². The van der Waals surface area contributed by atoms with Crippen LogP contribution in [0.2, 0.25) is 0 Å². The van der Waals surface area contributed by atoms with Gasteiger partial charge in [0, 0.05) is 23.4 Å². The van der Waals surface area contributed by atoms with Crippen LogP contribution in [0.4, 0.5) is 9.59 Å². The van der Waals surface area contributed by atoms with Gasteiger partial charge in [0.15, 0.2) is 0 Å². The molecule has 14 heteroatoms. The lowest BCUT2D eigenvalue weighted by molar-refractivity contribution is -0.137. The Bertz CT molecular complexity index is 2860. The highest BCUT2D eigenvalue weighted by atomic mass is 16.5. The number of imidazole rings is 2. The third-order valence-electron chi connectivity index (χ3n) is 12.5. The van der Waals surface area contributed by atoms with E-state index in [2.05, 4.69) is 94.3 Å². The number of benzene rings is 5. The minimum Gasteiger partial charge on any atom is -0.453 e. The van der Waals surface area contributed by atoms with E-state index >= 15 is 0 Å². The molecular weight excluding hydrogens is 797 g/mol. The minimum absolute atomic E-state index is 0.0284. The van der Waals surface area contributed by atoms with Crippen LogP contribution in [-0.2, 0) is 25.6 Å². The second-order valence-corrected chi connectivity index (χ2v) is 16.4. The Morgan fingerprint density at radius 1 is 0.762 bits per heavy atom. The van der Waals surface area contributed by atoms with Crippen molar-refractivity contribution in [2.45, 2.75) is 64.8 Å². The van der Waals surface area contributed by atoms with Gasteiger partial charge in [0.1, 0.15) is 23.7 Å². The fraction of sp³-hybridized carbons (Fsp3) is 0.306. The summed E-state index contributed by atoms with van der Waals surface area (Å²) in [5, 5.41) is 9.33. The van der Waals surface area contributed by atoms with Crippen molar-refractivity contribution in [3.05, 3.63) is 121 Å². The summed E-state index contributed by atoms with van der Waals surface area (Å²) in [6.45, 7) is 12.3. The summed E-state index contributed by atoms with van der Waals surface area (Å²) in [6, 6.07) is 27.9. The predicted octanol–water partition coefficient (Wildman–Crippen LogP) is 8.70. The van der Waals surface area contributed by atoms with E-state index in [1.165, 1.54) is 14.2 Å². The van der Waals surface area contributed by atoms with Gasteiger partial charge in [-0.15, -0.1) is 6.58 Å². The normalized spacial score (nSPS) is 17.2. The lowest BCUT2D eigenvalue weighted by Crippen LogP contribution is -2.47. The Morgan fingerprint density at radius 2 is 1.35 bits per heavy atom. The molecule has 7 aromatic rings. The topological polar surface area (TPSA) is 175 Å². The first-order valence-corrected chi connectivity index (χ1v) is 21.2. The van der Waals surface area contributed by atoms with Crippen LogP contribution >= 0.6 is 0 Å². The summed E-state index contributed by atoms with van der Waals surface area (Å²) < 4.78 is 9.60. The number of rotatable bonds is 14. The Labute approximate surface area is 365 Å². The molecule has 1 aliphatic carbocycles. The van der Waals surface area contributed by atoms with Gasteiger partial charge in [-0.3, -0.25) is 9.59 Å². The second-order valence-electron chi connectivity index (χ2n) is 16.4. The van der Waals surface area contributed by atoms with Crippen molar-refractivity contribution in [1.82, 2.24) is 40.4 Å². The first-order chi connectivity index (χ1) is 30.4. The fourth-order valence-corrected chi connectivity index (χ4v) is 8.70. The molecular formula is C49H52N8O6. The van der Waals surface area contributed by atoms with Crippen LogP contribution in [0.5, 0.6) is 0 Å². The molecule has 2 aromatic heterocycles. The average molecular weight is 849 g/mol. The number of alkyl carbamates (subject to hydrolysis) is 2. The van der Waals surface area contributed by atoms with E-state index < -0.39 is 30.3 Å². The van der Waals surface area contributed by atoms with Crippen molar-refractivity contribution in [3.8, 4) is 11.1 Å². The van der Waals surface area contributed by atoms with Gasteiger partial charge in [-0.05, 0) is 83.8 Å². The number of carbonyl (C=O) groups is 4. The zero-order valence-corrected chi connectivity index (χ0v) is 36.3. The van der Waals surface area contributed by atoms with E-state index in [0.717, 1.165) is 54.7 Å². The number of aromatic nitrogens is 4. The van der Waals surface area contributed by atoms with Crippen molar-refractivity contribution in [2.24, 2.45) is 11.8 Å². The lowest BCUT2D eigenvalue weighted by Gasteiger charge is -2.32. The zero-order chi connectivity index (χ0) is 44.5. The molecule has 0 radical (unpaired) electrons. The van der Waals surface area contributed by atoms with Gasteiger partial charge >= 0.3 is 12.2 Å². The number of nitrogens with one attached hydrogen (secondary N) is 4. The highest BCUT2D eigenvalue weighted by Crippen LogP contribution is 2.47. The molecule has 4 amide bonds. The Hall–Kier alpha value is -7.22. The molecule has 0 saturated heterocycles. The summed E-state index contributed by atoms with van der Waals surface area (Å²) in [5.74, 6) is 1.37. The number of hydrogen-bond donors (Lipinski definition) is 4. The molecule has 14 nitrogen and oxygen atoms in total. The largest absolute Gasteiger partial charge is 0.453 e. The van der Waals surface area contributed by atoms with Crippen LogP contribution in [0.15, 0.2) is 104 Å². The maximum atomic E-state index is 14.6. The zero-order valence-electron chi connectivity index (χ0n) is 36.3. The molecule has 1 fully saturated rings. The second kappa shape index (κ2) is 17.6. The summed E-state index contributed by atoms with van der Waals surface area (Å²) in [7, 11) is 2.55. The quantitative estimate of drug-likeness (QED) is 0.0787. The number of ether oxygens (including phenoxy) is 2. The van der Waals surface area contributed by atoms with Gasteiger partial charge in [-0.25, -0.2) is 19.6 Å². The molecule has 0 spiro atoms. The van der Waals surface area contributed by atoms with Crippen LogP contribution < -0.4 is 10.6 Å². The third kappa shape index (κ3) is 8.40. The van der Waals surface area contributed by atoms with Gasteiger partial charge in [0.05, 0.1) is 48.9 Å². The molecule has 4 N–H and O–H groups in total. The predicted molar refractivity (Wildman–Crippen MR) is 244 cm³/mol. The standard InChI is InChI=1S/C49H52N8O6/c1-8-9-23-56(46(58)29(4)50-48(60)62-6)26-40-51-38-21-17-34-24-32(15-19-36(34)42(38)53-40)33-16-20-37-35(25-33)18-22-39-43(37)54-45(52-39)30(5)57(44-27(2)28(44)3)47(59)41(55-49(61)63-7)31-13-11-10-12-14-31/h8,10-22,24-25,27-30,41,44H,1,9,23,26H2,2-7H3,(H,50,60)(H,51,53)(H,52,54)(H,55,61)/t27-,28+,29-,30-,41+,44?/m0/s1. The van der Waals surface area contributed by atoms with Gasteiger partial charge in [0.25, 0.3) is 5.91 Å². The van der Waals surface area contributed by atoms with Crippen LogP contribution in [0.25, 0.3) is 54.7 Å². The van der Waals surface area contributed by atoms with Crippen molar-refractivity contribution < 1.29 is 28.7 Å². The smallest absolute Gasteiger partial charge is 0.407 e. The fourth-order valence-electron chi connectivity index (χ4n) is 8.70. The van der Waals surface area contributed by atoms with Crippen molar-refractivity contribution in [2.75, 3.05) is 20.8 Å². The summed E-state index contributed by atoms with van der Waals surface area (Å²) in [4.78, 5) is 72.7. The van der Waals surface area contributed by atoms with E-state index in [0.29, 0.717) is 30.2 Å². The number of methoxy groups -OCH3 is 2. The number of carbonyl (C=O) groups excluding carboxylic acids is 4. The molecule has 2 heterocycles. The molecule has 6 atom stereocenters. The van der Waals surface area contributed by atoms with Crippen molar-refractivity contribution >= 4 is 67.6 Å². The van der Waals surface area contributed by atoms with Gasteiger partial charge in [-0.1, -0.05) is 86.7 Å². The number of hydrogen-bond acceptors (Lipinski definition) is 8. The first kappa shape index (κ1) is 42.5. The minimum atomic E-state index is -0.934. The van der Waals surface area contributed by atoms with Crippen LogP contribution in [-0.4, -0.2) is 86.6 Å². The summed E-state index contributed by atoms with van der Waals surface area (Å²) in [5.41, 5.74) is 6.08. The molecule has 1 saturated carbocycles. The monoisotopic (exact) mass is 848 g/mol.